The van der Waals surface area contributed by atoms with E-state index < -0.39 is 11.7 Å². The molecule has 0 aliphatic rings. The minimum Gasteiger partial charge on any atom is -0.496 e. The molecule has 5 heteroatoms. The summed E-state index contributed by atoms with van der Waals surface area (Å²) in [7, 11) is 3.06. The number of nitrogens with zero attached hydrogens (tertiary/aromatic N) is 1. The molecule has 23 heavy (non-hydrogen) atoms. The number of para-hydroxylation sites is 2. The van der Waals surface area contributed by atoms with Gasteiger partial charge in [-0.2, -0.15) is 5.26 Å². The maximum absolute atomic E-state index is 13.5. The molecule has 0 bridgehead atoms. The lowest BCUT2D eigenvalue weighted by Crippen LogP contribution is -2.07. The van der Waals surface area contributed by atoms with Crippen LogP contribution in [0.25, 0.3) is 0 Å². The third-order valence-corrected chi connectivity index (χ3v) is 3.46. The Bertz CT molecular complexity index is 697. The summed E-state index contributed by atoms with van der Waals surface area (Å²) in [6.07, 6.45) is 0.411. The number of nitriles is 1. The molecule has 1 atom stereocenters. The molecule has 0 spiro atoms. The van der Waals surface area contributed by atoms with Crippen LogP contribution in [0.15, 0.2) is 42.5 Å². The van der Waals surface area contributed by atoms with E-state index in [-0.39, 0.29) is 0 Å². The van der Waals surface area contributed by atoms with Crippen molar-refractivity contribution in [2.45, 2.75) is 12.3 Å². The lowest BCUT2D eigenvalue weighted by Gasteiger charge is -2.15. The van der Waals surface area contributed by atoms with Crippen molar-refractivity contribution >= 4 is 0 Å². The fourth-order valence-electron chi connectivity index (χ4n) is 2.29. The Labute approximate surface area is 135 Å². The largest absolute Gasteiger partial charge is 0.496 e. The van der Waals surface area contributed by atoms with Crippen LogP contribution in [0.1, 0.15) is 17.9 Å². The van der Waals surface area contributed by atoms with Crippen molar-refractivity contribution in [3.63, 3.8) is 0 Å². The van der Waals surface area contributed by atoms with Crippen molar-refractivity contribution in [1.82, 2.24) is 0 Å². The predicted octanol–water partition coefficient (Wildman–Crippen LogP) is 3.92. The van der Waals surface area contributed by atoms with Crippen molar-refractivity contribution in [2.75, 3.05) is 20.8 Å². The number of benzene rings is 2. The van der Waals surface area contributed by atoms with E-state index in [2.05, 4.69) is 6.07 Å². The van der Waals surface area contributed by atoms with E-state index in [9.17, 15) is 9.65 Å². The predicted molar refractivity (Wildman–Crippen MR) is 84.4 cm³/mol. The molecule has 2 aromatic rings. The molecular weight excluding hydrogens is 297 g/mol. The average Bonchev–Trinajstić information content (AvgIpc) is 2.59. The number of halogens is 1. The number of ether oxygens (including phenoxy) is 3. The third kappa shape index (κ3) is 4.13. The summed E-state index contributed by atoms with van der Waals surface area (Å²) in [5, 5.41) is 9.38. The maximum atomic E-state index is 13.5. The first kappa shape index (κ1) is 16.6. The lowest BCUT2D eigenvalue weighted by molar-refractivity contribution is 0.284. The van der Waals surface area contributed by atoms with Crippen LogP contribution in [0.5, 0.6) is 17.2 Å². The molecule has 0 aliphatic carbocycles. The van der Waals surface area contributed by atoms with Gasteiger partial charge in [0.2, 0.25) is 0 Å². The molecule has 0 N–H and O–H groups in total. The Balaban J connectivity index is 2.06. The molecule has 0 saturated carbocycles. The SMILES string of the molecule is COc1ccccc1OCCC(C#N)c1cc(F)ccc1OC. The highest BCUT2D eigenvalue weighted by atomic mass is 19.1. The topological polar surface area (TPSA) is 51.5 Å². The van der Waals surface area contributed by atoms with Gasteiger partial charge in [-0.05, 0) is 30.3 Å². The van der Waals surface area contributed by atoms with Crippen LogP contribution in [0.4, 0.5) is 4.39 Å². The van der Waals surface area contributed by atoms with E-state index in [0.29, 0.717) is 35.8 Å². The van der Waals surface area contributed by atoms with Gasteiger partial charge >= 0.3 is 0 Å². The first-order chi connectivity index (χ1) is 11.2. The molecular formula is C18H18FNO3. The molecule has 2 aromatic carbocycles. The van der Waals surface area contributed by atoms with Gasteiger partial charge in [0.15, 0.2) is 11.5 Å². The summed E-state index contributed by atoms with van der Waals surface area (Å²) in [6, 6.07) is 13.6. The maximum Gasteiger partial charge on any atom is 0.161 e. The summed E-state index contributed by atoms with van der Waals surface area (Å²) in [6.45, 7) is 0.304. The minimum atomic E-state index is -0.518. The van der Waals surface area contributed by atoms with Crippen molar-refractivity contribution in [2.24, 2.45) is 0 Å². The molecule has 0 amide bonds. The Hall–Kier alpha value is -2.74. The Morgan fingerprint density at radius 1 is 1.04 bits per heavy atom. The molecule has 0 saturated heterocycles. The monoisotopic (exact) mass is 315 g/mol. The summed E-state index contributed by atoms with van der Waals surface area (Å²) < 4.78 is 29.5. The zero-order valence-corrected chi connectivity index (χ0v) is 13.1. The average molecular weight is 315 g/mol. The highest BCUT2D eigenvalue weighted by Gasteiger charge is 2.17. The van der Waals surface area contributed by atoms with E-state index in [4.69, 9.17) is 14.2 Å². The molecule has 1 unspecified atom stereocenters. The van der Waals surface area contributed by atoms with E-state index in [1.807, 2.05) is 12.1 Å². The van der Waals surface area contributed by atoms with E-state index in [1.165, 1.54) is 25.3 Å². The Kier molecular flexibility index (Phi) is 5.81. The van der Waals surface area contributed by atoms with Crippen LogP contribution in [0.3, 0.4) is 0 Å². The van der Waals surface area contributed by atoms with Crippen molar-refractivity contribution in [3.05, 3.63) is 53.8 Å². The van der Waals surface area contributed by atoms with Crippen molar-refractivity contribution < 1.29 is 18.6 Å². The highest BCUT2D eigenvalue weighted by Crippen LogP contribution is 2.31. The molecule has 0 aromatic heterocycles. The summed E-state index contributed by atoms with van der Waals surface area (Å²) in [4.78, 5) is 0. The van der Waals surface area contributed by atoms with Crippen molar-refractivity contribution in [3.8, 4) is 23.3 Å². The van der Waals surface area contributed by atoms with Crippen LogP contribution in [-0.4, -0.2) is 20.8 Å². The second-order valence-electron chi connectivity index (χ2n) is 4.86. The third-order valence-electron chi connectivity index (χ3n) is 3.46. The summed E-state index contributed by atoms with van der Waals surface area (Å²) >= 11 is 0. The number of hydrogen-bond acceptors (Lipinski definition) is 4. The van der Waals surface area contributed by atoms with Gasteiger partial charge < -0.3 is 14.2 Å². The zero-order chi connectivity index (χ0) is 16.7. The smallest absolute Gasteiger partial charge is 0.161 e. The molecule has 0 aliphatic heterocycles. The zero-order valence-electron chi connectivity index (χ0n) is 13.1. The molecule has 2 rings (SSSR count). The van der Waals surface area contributed by atoms with E-state index in [0.717, 1.165) is 0 Å². The minimum absolute atomic E-state index is 0.304. The van der Waals surface area contributed by atoms with Gasteiger partial charge in [-0.25, -0.2) is 4.39 Å². The highest BCUT2D eigenvalue weighted by molar-refractivity contribution is 5.40. The lowest BCUT2D eigenvalue weighted by atomic mass is 9.96. The summed E-state index contributed by atoms with van der Waals surface area (Å²) in [5.74, 6) is 0.819. The van der Waals surface area contributed by atoms with Crippen molar-refractivity contribution in [1.29, 1.82) is 5.26 Å². The normalized spacial score (nSPS) is 11.4. The van der Waals surface area contributed by atoms with Crippen LogP contribution in [0, 0.1) is 17.1 Å². The molecule has 0 heterocycles. The fourth-order valence-corrected chi connectivity index (χ4v) is 2.29. The van der Waals surface area contributed by atoms with Crippen LogP contribution < -0.4 is 14.2 Å². The standard InChI is InChI=1S/C18H18FNO3/c1-21-16-8-7-14(19)11-15(16)13(12-20)9-10-23-18-6-4-3-5-17(18)22-2/h3-8,11,13H,9-10H2,1-2H3. The van der Waals surface area contributed by atoms with Crippen LogP contribution in [-0.2, 0) is 0 Å². The Morgan fingerprint density at radius 3 is 2.39 bits per heavy atom. The van der Waals surface area contributed by atoms with Gasteiger partial charge in [0, 0.05) is 12.0 Å². The summed E-state index contributed by atoms with van der Waals surface area (Å²) in [5.41, 5.74) is 0.527. The number of methoxy groups -OCH3 is 2. The first-order valence-corrected chi connectivity index (χ1v) is 7.18. The van der Waals surface area contributed by atoms with Crippen LogP contribution in [0.2, 0.25) is 0 Å². The van der Waals surface area contributed by atoms with E-state index >= 15 is 0 Å². The van der Waals surface area contributed by atoms with Gasteiger partial charge in [0.05, 0.1) is 32.8 Å². The molecule has 120 valence electrons. The second kappa shape index (κ2) is 8.04. The van der Waals surface area contributed by atoms with Gasteiger partial charge in [0.25, 0.3) is 0 Å². The molecule has 0 radical (unpaired) electrons. The quantitative estimate of drug-likeness (QED) is 0.777. The van der Waals surface area contributed by atoms with Gasteiger partial charge in [-0.1, -0.05) is 12.1 Å². The van der Waals surface area contributed by atoms with Gasteiger partial charge in [-0.3, -0.25) is 0 Å². The Morgan fingerprint density at radius 2 is 1.74 bits per heavy atom. The second-order valence-corrected chi connectivity index (χ2v) is 4.86. The number of hydrogen-bond donors (Lipinski definition) is 0. The van der Waals surface area contributed by atoms with Gasteiger partial charge in [0.1, 0.15) is 11.6 Å². The van der Waals surface area contributed by atoms with Crippen LogP contribution >= 0.6 is 0 Å². The first-order valence-electron chi connectivity index (χ1n) is 7.18. The van der Waals surface area contributed by atoms with Gasteiger partial charge in [-0.15, -0.1) is 0 Å². The molecule has 4 nitrogen and oxygen atoms in total. The fraction of sp³-hybridized carbons (Fsp3) is 0.278. The number of rotatable bonds is 7. The van der Waals surface area contributed by atoms with E-state index in [1.54, 1.807) is 19.2 Å². The molecule has 0 fully saturated rings.